The molecule has 0 aromatic carbocycles. The summed E-state index contributed by atoms with van der Waals surface area (Å²) in [5.41, 5.74) is 1.25. The van der Waals surface area contributed by atoms with Crippen LogP contribution in [-0.2, 0) is 16.1 Å². The molecule has 3 heterocycles. The molecule has 1 aliphatic carbocycles. The average Bonchev–Trinajstić information content (AvgIpc) is 3.44. The number of carbonyl (C=O) groups is 2. The molecule has 1 N–H and O–H groups in total. The van der Waals surface area contributed by atoms with Crippen LogP contribution in [0.2, 0.25) is 0 Å². The van der Waals surface area contributed by atoms with Crippen molar-refractivity contribution in [2.24, 2.45) is 11.3 Å². The van der Waals surface area contributed by atoms with Crippen molar-refractivity contribution in [3.63, 3.8) is 0 Å². The Morgan fingerprint density at radius 3 is 2.71 bits per heavy atom. The van der Waals surface area contributed by atoms with Gasteiger partial charge in [-0.05, 0) is 41.8 Å². The number of aromatic nitrogens is 1. The first-order valence-electron chi connectivity index (χ1n) is 9.81. The second-order valence-electron chi connectivity index (χ2n) is 7.77. The number of nitrogens with zero attached hydrogens (tertiary/aromatic N) is 2. The van der Waals surface area contributed by atoms with Crippen LogP contribution in [-0.4, -0.2) is 52.7 Å². The van der Waals surface area contributed by atoms with Crippen molar-refractivity contribution in [3.05, 3.63) is 52.5 Å². The molecule has 2 aromatic rings. The highest BCUT2D eigenvalue weighted by atomic mass is 32.1. The fraction of sp³-hybridized carbons (Fsp3) is 0.476. The van der Waals surface area contributed by atoms with E-state index in [4.69, 9.17) is 14.6 Å². The molecule has 1 saturated carbocycles. The van der Waals surface area contributed by atoms with Gasteiger partial charge in [-0.15, -0.1) is 11.3 Å². The Bertz CT molecular complexity index is 877. The molecule has 2 fully saturated rings. The minimum absolute atomic E-state index is 0.148. The molecule has 31 heavy (non-hydrogen) atoms. The first-order valence-corrected chi connectivity index (χ1v) is 10.7. The summed E-state index contributed by atoms with van der Waals surface area (Å²) < 4.78 is 37.8. The maximum absolute atomic E-state index is 12.7. The summed E-state index contributed by atoms with van der Waals surface area (Å²) in [6.07, 6.45) is 2.18. The van der Waals surface area contributed by atoms with Crippen LogP contribution in [0.3, 0.4) is 0 Å². The van der Waals surface area contributed by atoms with Gasteiger partial charge in [0.05, 0.1) is 18.1 Å². The number of carboxylic acid groups (broad SMARTS) is 1. The molecule has 2 aliphatic rings. The lowest BCUT2D eigenvalue weighted by molar-refractivity contribution is -0.192. The number of hydrogen-bond donors (Lipinski definition) is 1. The van der Waals surface area contributed by atoms with Crippen molar-refractivity contribution in [2.45, 2.75) is 32.0 Å². The SMILES string of the molecule is O=C(O)C(F)(F)F.O=C(c1cccs1)N1C[C@H]2CCC[C@@]2(COCc2cccnc2)C1. The highest BCUT2D eigenvalue weighted by molar-refractivity contribution is 7.12. The Kier molecular flexibility index (Phi) is 7.32. The number of alkyl halides is 3. The number of halogens is 3. The Morgan fingerprint density at radius 2 is 2.10 bits per heavy atom. The van der Waals surface area contributed by atoms with E-state index in [0.717, 1.165) is 30.1 Å². The van der Waals surface area contributed by atoms with Crippen molar-refractivity contribution >= 4 is 23.2 Å². The van der Waals surface area contributed by atoms with Crippen LogP contribution in [0.5, 0.6) is 0 Å². The second-order valence-corrected chi connectivity index (χ2v) is 8.72. The minimum atomic E-state index is -5.08. The van der Waals surface area contributed by atoms with E-state index in [1.807, 2.05) is 40.7 Å². The van der Waals surface area contributed by atoms with E-state index in [9.17, 15) is 18.0 Å². The van der Waals surface area contributed by atoms with E-state index in [1.165, 1.54) is 30.6 Å². The second kappa shape index (κ2) is 9.78. The van der Waals surface area contributed by atoms with E-state index in [2.05, 4.69) is 4.98 Å². The third-order valence-electron chi connectivity index (χ3n) is 5.68. The molecule has 6 nitrogen and oxygen atoms in total. The molecule has 1 saturated heterocycles. The minimum Gasteiger partial charge on any atom is -0.475 e. The summed E-state index contributed by atoms with van der Waals surface area (Å²) in [6.45, 7) is 3.05. The lowest BCUT2D eigenvalue weighted by Gasteiger charge is -2.28. The molecule has 0 spiro atoms. The molecular formula is C21H23F3N2O4S. The van der Waals surface area contributed by atoms with E-state index >= 15 is 0 Å². The molecule has 1 aliphatic heterocycles. The van der Waals surface area contributed by atoms with Gasteiger partial charge in [0.25, 0.3) is 5.91 Å². The van der Waals surface area contributed by atoms with Crippen molar-refractivity contribution in [1.29, 1.82) is 0 Å². The molecule has 2 atom stereocenters. The quantitative estimate of drug-likeness (QED) is 0.728. The van der Waals surface area contributed by atoms with Crippen LogP contribution in [0.25, 0.3) is 0 Å². The van der Waals surface area contributed by atoms with Gasteiger partial charge in [0, 0.05) is 30.9 Å². The summed E-state index contributed by atoms with van der Waals surface area (Å²) >= 11 is 1.53. The maximum atomic E-state index is 12.7. The van der Waals surface area contributed by atoms with E-state index < -0.39 is 12.1 Å². The van der Waals surface area contributed by atoms with Crippen LogP contribution in [0.1, 0.15) is 34.5 Å². The normalized spacial score (nSPS) is 22.5. The van der Waals surface area contributed by atoms with Crippen molar-refractivity contribution in [3.8, 4) is 0 Å². The Balaban J connectivity index is 0.000000339. The van der Waals surface area contributed by atoms with E-state index in [0.29, 0.717) is 12.5 Å². The number of carboxylic acids is 1. The molecular weight excluding hydrogens is 433 g/mol. The van der Waals surface area contributed by atoms with Crippen LogP contribution < -0.4 is 0 Å². The van der Waals surface area contributed by atoms with E-state index in [1.54, 1.807) is 6.20 Å². The maximum Gasteiger partial charge on any atom is 0.490 e. The van der Waals surface area contributed by atoms with Gasteiger partial charge in [0.15, 0.2) is 0 Å². The first-order chi connectivity index (χ1) is 14.7. The van der Waals surface area contributed by atoms with Crippen LogP contribution in [0.15, 0.2) is 42.0 Å². The summed E-state index contributed by atoms with van der Waals surface area (Å²) in [7, 11) is 0. The van der Waals surface area contributed by atoms with Gasteiger partial charge < -0.3 is 14.7 Å². The van der Waals surface area contributed by atoms with Crippen molar-refractivity contribution in [2.75, 3.05) is 19.7 Å². The van der Waals surface area contributed by atoms with Gasteiger partial charge in [-0.1, -0.05) is 18.6 Å². The van der Waals surface area contributed by atoms with E-state index in [-0.39, 0.29) is 11.3 Å². The lowest BCUT2D eigenvalue weighted by atomic mass is 9.81. The van der Waals surface area contributed by atoms with Gasteiger partial charge in [-0.25, -0.2) is 4.79 Å². The van der Waals surface area contributed by atoms with Gasteiger partial charge >= 0.3 is 12.1 Å². The van der Waals surface area contributed by atoms with Crippen LogP contribution >= 0.6 is 11.3 Å². The predicted molar refractivity (Wildman–Crippen MR) is 108 cm³/mol. The molecule has 1 amide bonds. The van der Waals surface area contributed by atoms with Gasteiger partial charge in [-0.2, -0.15) is 13.2 Å². The number of thiophene rings is 1. The number of fused-ring (bicyclic) bond motifs is 1. The molecule has 0 radical (unpaired) electrons. The number of pyridine rings is 1. The Morgan fingerprint density at radius 1 is 1.32 bits per heavy atom. The highest BCUT2D eigenvalue weighted by Crippen LogP contribution is 2.49. The Hall–Kier alpha value is -2.46. The first kappa shape index (κ1) is 23.2. The van der Waals surface area contributed by atoms with Crippen molar-refractivity contribution in [1.82, 2.24) is 9.88 Å². The standard InChI is InChI=1S/C19H22N2O2S.C2HF3O2/c22-18(17-6-3-9-24-17)21-11-16-5-1-7-19(16,13-21)14-23-12-15-4-2-8-20-10-15;3-2(4,5)1(6)7/h2-4,6,8-10,16H,1,5,7,11-14H2;(H,6,7)/t16-,19+;/m1./s1. The average molecular weight is 456 g/mol. The molecule has 0 bridgehead atoms. The third-order valence-corrected chi connectivity index (χ3v) is 6.54. The molecule has 0 unspecified atom stereocenters. The number of rotatable bonds is 5. The van der Waals surface area contributed by atoms with Crippen molar-refractivity contribution < 1.29 is 32.6 Å². The molecule has 168 valence electrons. The third kappa shape index (κ3) is 5.82. The number of aliphatic carboxylic acids is 1. The van der Waals surface area contributed by atoms with Gasteiger partial charge in [0.1, 0.15) is 0 Å². The molecule has 2 aromatic heterocycles. The number of likely N-dealkylation sites (tertiary alicyclic amines) is 1. The zero-order valence-electron chi connectivity index (χ0n) is 16.7. The summed E-state index contributed by atoms with van der Waals surface area (Å²) in [6, 6.07) is 7.85. The van der Waals surface area contributed by atoms with Crippen LogP contribution in [0.4, 0.5) is 13.2 Å². The molecule has 10 heteroatoms. The summed E-state index contributed by atoms with van der Waals surface area (Å²) in [4.78, 5) is 28.6. The van der Waals surface area contributed by atoms with Gasteiger partial charge in [0.2, 0.25) is 0 Å². The summed E-state index contributed by atoms with van der Waals surface area (Å²) in [5.74, 6) is -1.99. The number of ether oxygens (including phenoxy) is 1. The van der Waals surface area contributed by atoms with Gasteiger partial charge in [-0.3, -0.25) is 9.78 Å². The smallest absolute Gasteiger partial charge is 0.475 e. The highest BCUT2D eigenvalue weighted by Gasteiger charge is 2.50. The molecule has 4 rings (SSSR count). The zero-order valence-corrected chi connectivity index (χ0v) is 17.5. The zero-order chi connectivity index (χ0) is 22.5. The predicted octanol–water partition coefficient (Wildman–Crippen LogP) is 4.24. The monoisotopic (exact) mass is 456 g/mol. The number of amides is 1. The Labute approximate surface area is 181 Å². The largest absolute Gasteiger partial charge is 0.490 e. The fourth-order valence-electron chi connectivity index (χ4n) is 4.22. The fourth-order valence-corrected chi connectivity index (χ4v) is 4.91. The van der Waals surface area contributed by atoms with Crippen LogP contribution in [0, 0.1) is 11.3 Å². The lowest BCUT2D eigenvalue weighted by Crippen LogP contribution is -2.34. The number of carbonyl (C=O) groups excluding carboxylic acids is 1. The topological polar surface area (TPSA) is 79.7 Å². The number of hydrogen-bond acceptors (Lipinski definition) is 5. The summed E-state index contributed by atoms with van der Waals surface area (Å²) in [5, 5.41) is 9.09.